The van der Waals surface area contributed by atoms with Crippen molar-refractivity contribution in [1.29, 1.82) is 0 Å². The third-order valence-electron chi connectivity index (χ3n) is 3.77. The molecule has 0 atom stereocenters. The zero-order chi connectivity index (χ0) is 19.4. The number of rotatable bonds is 6. The summed E-state index contributed by atoms with van der Waals surface area (Å²) < 4.78 is 7.69. The highest BCUT2D eigenvalue weighted by Gasteiger charge is 2.10. The first-order valence-electron chi connectivity index (χ1n) is 7.96. The number of nitrogens with one attached hydrogen (secondary N) is 1. The Morgan fingerprint density at radius 2 is 1.44 bits per heavy atom. The minimum absolute atomic E-state index is 0.454. The van der Waals surface area contributed by atoms with Crippen LogP contribution in [0.15, 0.2) is 63.5 Å². The molecule has 2 nitrogen and oxygen atoms in total. The second kappa shape index (κ2) is 9.53. The third kappa shape index (κ3) is 5.78. The Morgan fingerprint density at radius 3 is 2.07 bits per heavy atom. The lowest BCUT2D eigenvalue weighted by molar-refractivity contribution is 0.302. The van der Waals surface area contributed by atoms with Crippen LogP contribution in [-0.4, -0.2) is 0 Å². The summed E-state index contributed by atoms with van der Waals surface area (Å²) in [5, 5.41) is 5.10. The molecule has 0 aliphatic rings. The highest BCUT2D eigenvalue weighted by Crippen LogP contribution is 2.36. The van der Waals surface area contributed by atoms with Gasteiger partial charge in [0.1, 0.15) is 12.4 Å². The van der Waals surface area contributed by atoms with Crippen molar-refractivity contribution in [3.63, 3.8) is 0 Å². The molecular formula is C20H14Br2Cl3NO. The third-order valence-corrected chi connectivity index (χ3v) is 5.94. The standard InChI is InChI=1S/C20H14Br2Cl3NO/c21-16-7-13(10-26-15-5-6-18(24)19(25)9-15)8-17(22)20(16)27-11-12-1-3-14(23)4-2-12/h1-9,26H,10-11H2. The summed E-state index contributed by atoms with van der Waals surface area (Å²) in [6.07, 6.45) is 0. The van der Waals surface area contributed by atoms with Crippen LogP contribution >= 0.6 is 66.7 Å². The average Bonchev–Trinajstić information content (AvgIpc) is 2.63. The second-order valence-corrected chi connectivity index (χ2v) is 8.75. The highest BCUT2D eigenvalue weighted by atomic mass is 79.9. The lowest BCUT2D eigenvalue weighted by Gasteiger charge is -2.13. The Morgan fingerprint density at radius 1 is 0.778 bits per heavy atom. The molecule has 3 aromatic carbocycles. The predicted octanol–water partition coefficient (Wildman–Crippen LogP) is 8.36. The molecule has 1 N–H and O–H groups in total. The fourth-order valence-corrected chi connectivity index (χ4v) is 4.33. The molecule has 0 saturated heterocycles. The largest absolute Gasteiger partial charge is 0.487 e. The summed E-state index contributed by atoms with van der Waals surface area (Å²) in [6, 6.07) is 17.1. The van der Waals surface area contributed by atoms with E-state index in [4.69, 9.17) is 39.5 Å². The van der Waals surface area contributed by atoms with Gasteiger partial charge in [0.2, 0.25) is 0 Å². The Bertz CT molecular complexity index is 925. The number of ether oxygens (including phenoxy) is 1. The second-order valence-electron chi connectivity index (χ2n) is 5.79. The molecule has 27 heavy (non-hydrogen) atoms. The monoisotopic (exact) mass is 547 g/mol. The van der Waals surface area contributed by atoms with Crippen LogP contribution in [0.2, 0.25) is 15.1 Å². The minimum atomic E-state index is 0.454. The van der Waals surface area contributed by atoms with E-state index in [0.717, 1.165) is 31.5 Å². The van der Waals surface area contributed by atoms with Crippen LogP contribution in [-0.2, 0) is 13.2 Å². The molecule has 140 valence electrons. The molecule has 0 radical (unpaired) electrons. The molecule has 0 spiro atoms. The van der Waals surface area contributed by atoms with E-state index in [1.54, 1.807) is 12.1 Å². The topological polar surface area (TPSA) is 21.3 Å². The molecule has 0 saturated carbocycles. The van der Waals surface area contributed by atoms with Gasteiger partial charge in [-0.1, -0.05) is 46.9 Å². The summed E-state index contributed by atoms with van der Waals surface area (Å²) in [5.74, 6) is 0.753. The number of halogens is 5. The molecule has 0 heterocycles. The van der Waals surface area contributed by atoms with Gasteiger partial charge in [-0.15, -0.1) is 0 Å². The van der Waals surface area contributed by atoms with Crippen molar-refractivity contribution in [2.45, 2.75) is 13.2 Å². The van der Waals surface area contributed by atoms with E-state index in [9.17, 15) is 0 Å². The van der Waals surface area contributed by atoms with Gasteiger partial charge in [0, 0.05) is 17.3 Å². The van der Waals surface area contributed by atoms with Gasteiger partial charge in [-0.25, -0.2) is 0 Å². The smallest absolute Gasteiger partial charge is 0.148 e. The van der Waals surface area contributed by atoms with Crippen LogP contribution in [0.5, 0.6) is 5.75 Å². The maximum atomic E-state index is 6.05. The zero-order valence-corrected chi connectivity index (χ0v) is 19.3. The van der Waals surface area contributed by atoms with Gasteiger partial charge in [0.25, 0.3) is 0 Å². The number of anilines is 1. The summed E-state index contributed by atoms with van der Waals surface area (Å²) in [6.45, 7) is 1.09. The first kappa shape index (κ1) is 20.8. The molecule has 0 aliphatic heterocycles. The van der Waals surface area contributed by atoms with Gasteiger partial charge in [-0.3, -0.25) is 0 Å². The van der Waals surface area contributed by atoms with Crippen molar-refractivity contribution >= 4 is 72.4 Å². The number of hydrogen-bond donors (Lipinski definition) is 1. The minimum Gasteiger partial charge on any atom is -0.487 e. The number of hydrogen-bond acceptors (Lipinski definition) is 2. The quantitative estimate of drug-likeness (QED) is 0.333. The van der Waals surface area contributed by atoms with E-state index >= 15 is 0 Å². The Kier molecular flexibility index (Phi) is 7.35. The first-order valence-corrected chi connectivity index (χ1v) is 10.7. The highest BCUT2D eigenvalue weighted by molar-refractivity contribution is 9.11. The molecule has 3 rings (SSSR count). The summed E-state index contributed by atoms with van der Waals surface area (Å²) in [5.41, 5.74) is 3.03. The molecule has 0 bridgehead atoms. The lowest BCUT2D eigenvalue weighted by Crippen LogP contribution is -2.01. The summed E-state index contributed by atoms with van der Waals surface area (Å²) >= 11 is 25.1. The molecule has 0 unspecified atom stereocenters. The lowest BCUT2D eigenvalue weighted by atomic mass is 10.2. The van der Waals surface area contributed by atoms with Crippen LogP contribution in [0, 0.1) is 0 Å². The van der Waals surface area contributed by atoms with Gasteiger partial charge in [0.05, 0.1) is 19.0 Å². The number of benzene rings is 3. The van der Waals surface area contributed by atoms with Crippen LogP contribution in [0.3, 0.4) is 0 Å². The van der Waals surface area contributed by atoms with E-state index in [1.165, 1.54) is 0 Å². The Balaban J connectivity index is 1.66. The van der Waals surface area contributed by atoms with Gasteiger partial charge in [-0.2, -0.15) is 0 Å². The van der Waals surface area contributed by atoms with Crippen LogP contribution in [0.25, 0.3) is 0 Å². The predicted molar refractivity (Wildman–Crippen MR) is 121 cm³/mol. The fourth-order valence-electron chi connectivity index (χ4n) is 2.40. The zero-order valence-electron chi connectivity index (χ0n) is 13.9. The van der Waals surface area contributed by atoms with E-state index in [1.807, 2.05) is 42.5 Å². The molecule has 7 heteroatoms. The Hall–Kier alpha value is -0.910. The maximum absolute atomic E-state index is 6.05. The van der Waals surface area contributed by atoms with Crippen molar-refractivity contribution in [2.75, 3.05) is 5.32 Å². The van der Waals surface area contributed by atoms with E-state index < -0.39 is 0 Å². The molecule has 0 fully saturated rings. The van der Waals surface area contributed by atoms with Crippen molar-refractivity contribution in [3.8, 4) is 5.75 Å². The molecule has 3 aromatic rings. The van der Waals surface area contributed by atoms with Crippen LogP contribution < -0.4 is 10.1 Å². The molecule has 0 aromatic heterocycles. The van der Waals surface area contributed by atoms with E-state index in [0.29, 0.717) is 28.2 Å². The van der Waals surface area contributed by atoms with Crippen LogP contribution in [0.4, 0.5) is 5.69 Å². The maximum Gasteiger partial charge on any atom is 0.148 e. The van der Waals surface area contributed by atoms with Crippen molar-refractivity contribution in [1.82, 2.24) is 0 Å². The van der Waals surface area contributed by atoms with Gasteiger partial charge >= 0.3 is 0 Å². The first-order chi connectivity index (χ1) is 12.9. The Labute approximate surface area is 190 Å². The summed E-state index contributed by atoms with van der Waals surface area (Å²) in [4.78, 5) is 0. The van der Waals surface area contributed by atoms with Gasteiger partial charge in [-0.05, 0) is 85.5 Å². The van der Waals surface area contributed by atoms with Crippen LogP contribution in [0.1, 0.15) is 11.1 Å². The van der Waals surface area contributed by atoms with Gasteiger partial charge in [0.15, 0.2) is 0 Å². The fraction of sp³-hybridized carbons (Fsp3) is 0.100. The SMILES string of the molecule is Clc1ccc(COc2c(Br)cc(CNc3ccc(Cl)c(Cl)c3)cc2Br)cc1. The summed E-state index contributed by atoms with van der Waals surface area (Å²) in [7, 11) is 0. The normalized spacial score (nSPS) is 10.7. The van der Waals surface area contributed by atoms with Gasteiger partial charge < -0.3 is 10.1 Å². The van der Waals surface area contributed by atoms with E-state index in [2.05, 4.69) is 37.2 Å². The van der Waals surface area contributed by atoms with Crippen molar-refractivity contribution in [2.24, 2.45) is 0 Å². The van der Waals surface area contributed by atoms with E-state index in [-0.39, 0.29) is 0 Å². The van der Waals surface area contributed by atoms with Crippen molar-refractivity contribution in [3.05, 3.63) is 89.7 Å². The van der Waals surface area contributed by atoms with Crippen molar-refractivity contribution < 1.29 is 4.74 Å². The molecule has 0 amide bonds. The molecular weight excluding hydrogens is 536 g/mol. The average molecular weight is 551 g/mol. The molecule has 0 aliphatic carbocycles.